The molecule has 1 aliphatic rings. The van der Waals surface area contributed by atoms with Gasteiger partial charge in [-0.3, -0.25) is 19.3 Å². The molecule has 0 saturated heterocycles. The molecule has 1 N–H and O–H groups in total. The maximum absolute atomic E-state index is 12.2. The zero-order valence-corrected chi connectivity index (χ0v) is 12.9. The number of para-hydroxylation sites is 1. The van der Waals surface area contributed by atoms with E-state index in [9.17, 15) is 14.4 Å². The molecule has 3 amide bonds. The number of benzene rings is 2. The Balaban J connectivity index is 1.46. The van der Waals surface area contributed by atoms with E-state index in [2.05, 4.69) is 5.32 Å². The van der Waals surface area contributed by atoms with Crippen LogP contribution in [0.1, 0.15) is 20.7 Å². The third kappa shape index (κ3) is 3.27. The molecule has 0 saturated carbocycles. The van der Waals surface area contributed by atoms with Crippen LogP contribution in [0.25, 0.3) is 0 Å². The standard InChI is InChI=1S/C18H16N2O4/c21-16(12-24-13-6-2-1-3-7-13)19-10-11-20-17(22)14-8-4-5-9-15(14)18(20)23/h1-9H,10-12H2,(H,19,21). The van der Waals surface area contributed by atoms with Gasteiger partial charge in [-0.15, -0.1) is 0 Å². The van der Waals surface area contributed by atoms with E-state index in [0.717, 1.165) is 4.90 Å². The lowest BCUT2D eigenvalue weighted by Crippen LogP contribution is -2.39. The van der Waals surface area contributed by atoms with E-state index in [4.69, 9.17) is 4.74 Å². The Morgan fingerprint density at radius 3 is 2.12 bits per heavy atom. The highest BCUT2D eigenvalue weighted by Gasteiger charge is 2.34. The summed E-state index contributed by atoms with van der Waals surface area (Å²) in [6, 6.07) is 15.7. The van der Waals surface area contributed by atoms with Crippen molar-refractivity contribution in [2.24, 2.45) is 0 Å². The summed E-state index contributed by atoms with van der Waals surface area (Å²) in [4.78, 5) is 37.2. The van der Waals surface area contributed by atoms with Gasteiger partial charge in [-0.2, -0.15) is 0 Å². The Labute approximate surface area is 139 Å². The van der Waals surface area contributed by atoms with Gasteiger partial charge in [0.05, 0.1) is 11.1 Å². The SMILES string of the molecule is O=C(COc1ccccc1)NCCN1C(=O)c2ccccc2C1=O. The normalized spacial score (nSPS) is 12.9. The number of ether oxygens (including phenoxy) is 1. The molecule has 3 rings (SSSR count). The van der Waals surface area contributed by atoms with Gasteiger partial charge < -0.3 is 10.1 Å². The van der Waals surface area contributed by atoms with Crippen molar-refractivity contribution in [3.63, 3.8) is 0 Å². The summed E-state index contributed by atoms with van der Waals surface area (Å²) in [7, 11) is 0. The Hall–Kier alpha value is -3.15. The molecule has 1 aliphatic heterocycles. The van der Waals surface area contributed by atoms with Gasteiger partial charge in [-0.25, -0.2) is 0 Å². The van der Waals surface area contributed by atoms with E-state index < -0.39 is 0 Å². The molecule has 0 atom stereocenters. The summed E-state index contributed by atoms with van der Waals surface area (Å²) >= 11 is 0. The topological polar surface area (TPSA) is 75.7 Å². The lowest BCUT2D eigenvalue weighted by Gasteiger charge is -2.14. The first kappa shape index (κ1) is 15.7. The summed E-state index contributed by atoms with van der Waals surface area (Å²) in [5.41, 5.74) is 0.808. The quantitative estimate of drug-likeness (QED) is 0.817. The number of hydrogen-bond acceptors (Lipinski definition) is 4. The lowest BCUT2D eigenvalue weighted by atomic mass is 10.1. The van der Waals surface area contributed by atoms with Crippen molar-refractivity contribution < 1.29 is 19.1 Å². The molecule has 2 aromatic carbocycles. The molecule has 1 heterocycles. The minimum absolute atomic E-state index is 0.119. The van der Waals surface area contributed by atoms with Crippen LogP contribution in [-0.2, 0) is 4.79 Å². The second-order valence-corrected chi connectivity index (χ2v) is 5.26. The highest BCUT2D eigenvalue weighted by Crippen LogP contribution is 2.21. The van der Waals surface area contributed by atoms with Crippen LogP contribution in [0.4, 0.5) is 0 Å². The number of imide groups is 1. The highest BCUT2D eigenvalue weighted by atomic mass is 16.5. The number of hydrogen-bond donors (Lipinski definition) is 1. The van der Waals surface area contributed by atoms with Crippen molar-refractivity contribution in [3.8, 4) is 5.75 Å². The van der Waals surface area contributed by atoms with Gasteiger partial charge in [-0.05, 0) is 24.3 Å². The predicted molar refractivity (Wildman–Crippen MR) is 86.8 cm³/mol. The predicted octanol–water partition coefficient (Wildman–Crippen LogP) is 1.48. The molecule has 0 fully saturated rings. The monoisotopic (exact) mass is 324 g/mol. The van der Waals surface area contributed by atoms with Gasteiger partial charge in [-0.1, -0.05) is 30.3 Å². The molecule has 0 unspecified atom stereocenters. The van der Waals surface area contributed by atoms with Crippen LogP contribution in [0.5, 0.6) is 5.75 Å². The first-order valence-corrected chi connectivity index (χ1v) is 7.56. The molecule has 0 aromatic heterocycles. The number of carbonyl (C=O) groups is 3. The van der Waals surface area contributed by atoms with Gasteiger partial charge in [0, 0.05) is 13.1 Å². The zero-order valence-electron chi connectivity index (χ0n) is 12.9. The molecule has 2 aromatic rings. The summed E-state index contributed by atoms with van der Waals surface area (Å²) in [5.74, 6) is -0.362. The number of carbonyl (C=O) groups excluding carboxylic acids is 3. The minimum Gasteiger partial charge on any atom is -0.484 e. The number of nitrogens with zero attached hydrogens (tertiary/aromatic N) is 1. The van der Waals surface area contributed by atoms with Crippen LogP contribution in [0.15, 0.2) is 54.6 Å². The molecule has 6 heteroatoms. The molecule has 122 valence electrons. The molecular weight excluding hydrogens is 308 g/mol. The molecule has 0 aliphatic carbocycles. The molecule has 0 spiro atoms. The van der Waals surface area contributed by atoms with E-state index in [-0.39, 0.29) is 37.4 Å². The third-order valence-electron chi connectivity index (χ3n) is 3.65. The van der Waals surface area contributed by atoms with E-state index in [1.807, 2.05) is 18.2 Å². The summed E-state index contributed by atoms with van der Waals surface area (Å²) < 4.78 is 5.32. The van der Waals surface area contributed by atoms with Gasteiger partial charge >= 0.3 is 0 Å². The fourth-order valence-electron chi connectivity index (χ4n) is 2.47. The summed E-state index contributed by atoms with van der Waals surface area (Å²) in [6.45, 7) is 0.192. The van der Waals surface area contributed by atoms with Gasteiger partial charge in [0.2, 0.25) is 0 Å². The largest absolute Gasteiger partial charge is 0.484 e. The summed E-state index contributed by atoms with van der Waals surface area (Å²) in [5, 5.41) is 2.64. The average Bonchev–Trinajstić information content (AvgIpc) is 2.86. The van der Waals surface area contributed by atoms with Crippen molar-refractivity contribution in [3.05, 3.63) is 65.7 Å². The van der Waals surface area contributed by atoms with Crippen LogP contribution in [0.2, 0.25) is 0 Å². The number of rotatable bonds is 6. The maximum atomic E-state index is 12.2. The maximum Gasteiger partial charge on any atom is 0.261 e. The van der Waals surface area contributed by atoms with Crippen molar-refractivity contribution in [2.75, 3.05) is 19.7 Å². The van der Waals surface area contributed by atoms with Crippen LogP contribution in [0.3, 0.4) is 0 Å². The minimum atomic E-state index is -0.328. The van der Waals surface area contributed by atoms with Crippen molar-refractivity contribution in [1.82, 2.24) is 10.2 Å². The molecular formula is C18H16N2O4. The Kier molecular flexibility index (Phi) is 4.56. The number of fused-ring (bicyclic) bond motifs is 1. The summed E-state index contributed by atoms with van der Waals surface area (Å²) in [6.07, 6.45) is 0. The van der Waals surface area contributed by atoms with Crippen LogP contribution < -0.4 is 10.1 Å². The third-order valence-corrected chi connectivity index (χ3v) is 3.65. The van der Waals surface area contributed by atoms with Crippen LogP contribution in [-0.4, -0.2) is 42.3 Å². The Morgan fingerprint density at radius 1 is 0.917 bits per heavy atom. The molecule has 6 nitrogen and oxygen atoms in total. The van der Waals surface area contributed by atoms with Gasteiger partial charge in [0.25, 0.3) is 17.7 Å². The van der Waals surface area contributed by atoms with E-state index in [1.54, 1.807) is 36.4 Å². The fourth-order valence-corrected chi connectivity index (χ4v) is 2.47. The number of amides is 3. The highest BCUT2D eigenvalue weighted by molar-refractivity contribution is 6.21. The van der Waals surface area contributed by atoms with Gasteiger partial charge in [0.1, 0.15) is 5.75 Å². The second-order valence-electron chi connectivity index (χ2n) is 5.26. The average molecular weight is 324 g/mol. The molecule has 0 radical (unpaired) electrons. The number of nitrogens with one attached hydrogen (secondary N) is 1. The van der Waals surface area contributed by atoms with E-state index in [0.29, 0.717) is 16.9 Å². The van der Waals surface area contributed by atoms with Crippen molar-refractivity contribution in [2.45, 2.75) is 0 Å². The Morgan fingerprint density at radius 2 is 1.50 bits per heavy atom. The van der Waals surface area contributed by atoms with E-state index >= 15 is 0 Å². The molecule has 24 heavy (non-hydrogen) atoms. The fraction of sp³-hybridized carbons (Fsp3) is 0.167. The second kappa shape index (κ2) is 6.95. The van der Waals surface area contributed by atoms with Crippen LogP contribution >= 0.6 is 0 Å². The first-order valence-electron chi connectivity index (χ1n) is 7.56. The zero-order chi connectivity index (χ0) is 16.9. The van der Waals surface area contributed by atoms with Crippen molar-refractivity contribution >= 4 is 17.7 Å². The lowest BCUT2D eigenvalue weighted by molar-refractivity contribution is -0.123. The van der Waals surface area contributed by atoms with Crippen LogP contribution in [0, 0.1) is 0 Å². The smallest absolute Gasteiger partial charge is 0.261 e. The van der Waals surface area contributed by atoms with Crippen molar-refractivity contribution in [1.29, 1.82) is 0 Å². The van der Waals surface area contributed by atoms with Gasteiger partial charge in [0.15, 0.2) is 6.61 Å². The molecule has 0 bridgehead atoms. The Bertz CT molecular complexity index is 739. The van der Waals surface area contributed by atoms with E-state index in [1.165, 1.54) is 0 Å². The first-order chi connectivity index (χ1) is 11.7.